The summed E-state index contributed by atoms with van der Waals surface area (Å²) in [6.07, 6.45) is 2.32. The van der Waals surface area contributed by atoms with Crippen molar-refractivity contribution in [1.29, 1.82) is 0 Å². The number of carbonyl (C=O) groups is 1. The summed E-state index contributed by atoms with van der Waals surface area (Å²) in [5, 5.41) is 3.48. The van der Waals surface area contributed by atoms with Gasteiger partial charge in [-0.05, 0) is 12.8 Å². The van der Waals surface area contributed by atoms with Crippen molar-refractivity contribution in [3.05, 3.63) is 0 Å². The molecular weight excluding hydrogens is 433 g/mol. The van der Waals surface area contributed by atoms with Crippen LogP contribution in [0, 0.1) is 5.41 Å². The van der Waals surface area contributed by atoms with Crippen LogP contribution in [-0.4, -0.2) is 99.2 Å². The van der Waals surface area contributed by atoms with E-state index >= 15 is 0 Å². The number of hydrogen-bond acceptors (Lipinski definition) is 4. The van der Waals surface area contributed by atoms with Crippen molar-refractivity contribution in [3.63, 3.8) is 0 Å². The van der Waals surface area contributed by atoms with Crippen LogP contribution < -0.4 is 5.32 Å². The summed E-state index contributed by atoms with van der Waals surface area (Å²) in [5.74, 6) is 1.26. The molecule has 0 atom stereocenters. The molecule has 0 radical (unpaired) electrons. The van der Waals surface area contributed by atoms with Gasteiger partial charge in [0.2, 0.25) is 5.91 Å². The highest BCUT2D eigenvalue weighted by Crippen LogP contribution is 2.25. The number of carbonyl (C=O) groups excluding carboxylic acids is 1. The van der Waals surface area contributed by atoms with Gasteiger partial charge in [0, 0.05) is 58.3 Å². The van der Waals surface area contributed by atoms with Crippen molar-refractivity contribution in [2.75, 3.05) is 72.6 Å². The van der Waals surface area contributed by atoms with Gasteiger partial charge in [-0.1, -0.05) is 6.92 Å². The third-order valence-electron chi connectivity index (χ3n) is 5.28. The second-order valence-electron chi connectivity index (χ2n) is 7.56. The molecule has 0 aromatic carbocycles. The molecule has 0 saturated carbocycles. The number of hydrogen-bond donors (Lipinski definition) is 1. The molecule has 3 aliphatic heterocycles. The number of piperazine rings is 1. The van der Waals surface area contributed by atoms with Gasteiger partial charge in [0.1, 0.15) is 0 Å². The molecule has 0 bridgehead atoms. The van der Waals surface area contributed by atoms with Crippen LogP contribution in [0.5, 0.6) is 0 Å². The van der Waals surface area contributed by atoms with Gasteiger partial charge in [-0.25, -0.2) is 0 Å². The molecule has 3 saturated heterocycles. The van der Waals surface area contributed by atoms with E-state index in [1.165, 1.54) is 0 Å². The molecule has 0 aliphatic carbocycles. The summed E-state index contributed by atoms with van der Waals surface area (Å²) in [7, 11) is 1.84. The Hall–Kier alpha value is -0.610. The van der Waals surface area contributed by atoms with Crippen LogP contribution in [0.25, 0.3) is 0 Å². The second kappa shape index (κ2) is 9.36. The number of rotatable bonds is 4. The van der Waals surface area contributed by atoms with Crippen molar-refractivity contribution >= 4 is 35.8 Å². The average molecular weight is 465 g/mol. The highest BCUT2D eigenvalue weighted by molar-refractivity contribution is 14.0. The van der Waals surface area contributed by atoms with Crippen molar-refractivity contribution in [1.82, 2.24) is 20.0 Å². The van der Waals surface area contributed by atoms with Crippen LogP contribution in [0.3, 0.4) is 0 Å². The van der Waals surface area contributed by atoms with Crippen LogP contribution in [0.4, 0.5) is 0 Å². The molecule has 3 fully saturated rings. The van der Waals surface area contributed by atoms with E-state index in [1.807, 2.05) is 11.9 Å². The molecular formula is C17H32IN5O2. The fourth-order valence-corrected chi connectivity index (χ4v) is 3.55. The SMILES string of the molecule is CN=C(NCC1(C)COC1)N1CCN(CC(=O)N2CCCC2)CC1.I. The predicted octanol–water partition coefficient (Wildman–Crippen LogP) is 0.456. The molecule has 0 aromatic rings. The third-order valence-corrected chi connectivity index (χ3v) is 5.28. The van der Waals surface area contributed by atoms with Gasteiger partial charge in [0.05, 0.1) is 19.8 Å². The quantitative estimate of drug-likeness (QED) is 0.372. The van der Waals surface area contributed by atoms with E-state index < -0.39 is 0 Å². The molecule has 3 heterocycles. The number of aliphatic imine (C=N–C) groups is 1. The zero-order chi connectivity index (χ0) is 17.0. The Balaban J connectivity index is 0.00000225. The number of guanidine groups is 1. The van der Waals surface area contributed by atoms with E-state index in [0.29, 0.717) is 12.5 Å². The van der Waals surface area contributed by atoms with Gasteiger partial charge >= 0.3 is 0 Å². The highest BCUT2D eigenvalue weighted by Gasteiger charge is 2.34. The van der Waals surface area contributed by atoms with Gasteiger partial charge in [-0.3, -0.25) is 14.7 Å². The maximum absolute atomic E-state index is 12.3. The standard InChI is InChI=1S/C17H31N5O2.HI/c1-17(13-24-14-17)12-19-16(18-2)22-9-7-20(8-10-22)11-15(23)21-5-3-4-6-21;/h3-14H2,1-2H3,(H,18,19);1H. The fraction of sp³-hybridized carbons (Fsp3) is 0.882. The lowest BCUT2D eigenvalue weighted by atomic mass is 9.89. The zero-order valence-electron chi connectivity index (χ0n) is 15.5. The van der Waals surface area contributed by atoms with Crippen LogP contribution in [0.2, 0.25) is 0 Å². The number of nitrogens with one attached hydrogen (secondary N) is 1. The van der Waals surface area contributed by atoms with Crippen LogP contribution in [0.15, 0.2) is 4.99 Å². The lowest BCUT2D eigenvalue weighted by Crippen LogP contribution is -2.56. The van der Waals surface area contributed by atoms with Gasteiger partial charge in [-0.15, -0.1) is 24.0 Å². The molecule has 7 nitrogen and oxygen atoms in total. The molecule has 8 heteroatoms. The van der Waals surface area contributed by atoms with Gasteiger partial charge in [0.15, 0.2) is 5.96 Å². The maximum Gasteiger partial charge on any atom is 0.236 e. The summed E-state index contributed by atoms with van der Waals surface area (Å²) in [6, 6.07) is 0. The zero-order valence-corrected chi connectivity index (χ0v) is 17.8. The molecule has 0 unspecified atom stereocenters. The Morgan fingerprint density at radius 1 is 1.08 bits per heavy atom. The Labute approximate surface area is 168 Å². The molecule has 1 amide bonds. The number of ether oxygens (including phenoxy) is 1. The first-order valence-electron chi connectivity index (χ1n) is 9.13. The fourth-order valence-electron chi connectivity index (χ4n) is 3.55. The lowest BCUT2D eigenvalue weighted by Gasteiger charge is -2.41. The lowest BCUT2D eigenvalue weighted by molar-refractivity contribution is -0.131. The molecule has 3 rings (SSSR count). The summed E-state index contributed by atoms with van der Waals surface area (Å²) in [5.41, 5.74) is 0.236. The Morgan fingerprint density at radius 2 is 1.72 bits per heavy atom. The van der Waals surface area contributed by atoms with Gasteiger partial charge in [-0.2, -0.15) is 0 Å². The monoisotopic (exact) mass is 465 g/mol. The molecule has 1 N–H and O–H groups in total. The number of likely N-dealkylation sites (tertiary alicyclic amines) is 1. The molecule has 3 aliphatic rings. The Kier molecular flexibility index (Phi) is 7.75. The normalized spacial score (nSPS) is 23.8. The van der Waals surface area contributed by atoms with E-state index in [-0.39, 0.29) is 29.4 Å². The predicted molar refractivity (Wildman–Crippen MR) is 110 cm³/mol. The number of nitrogens with zero attached hydrogens (tertiary/aromatic N) is 4. The summed E-state index contributed by atoms with van der Waals surface area (Å²) in [6.45, 7) is 10.9. The van der Waals surface area contributed by atoms with E-state index in [4.69, 9.17) is 4.74 Å². The topological polar surface area (TPSA) is 60.4 Å². The van der Waals surface area contributed by atoms with Crippen LogP contribution in [0.1, 0.15) is 19.8 Å². The molecule has 0 spiro atoms. The van der Waals surface area contributed by atoms with E-state index in [9.17, 15) is 4.79 Å². The van der Waals surface area contributed by atoms with Crippen molar-refractivity contribution in [3.8, 4) is 0 Å². The highest BCUT2D eigenvalue weighted by atomic mass is 127. The Morgan fingerprint density at radius 3 is 2.24 bits per heavy atom. The number of amides is 1. The smallest absolute Gasteiger partial charge is 0.236 e. The van der Waals surface area contributed by atoms with E-state index in [0.717, 1.165) is 77.8 Å². The first-order chi connectivity index (χ1) is 11.6. The number of halogens is 1. The third kappa shape index (κ3) is 5.43. The molecule has 0 aromatic heterocycles. The van der Waals surface area contributed by atoms with Crippen molar-refractivity contribution < 1.29 is 9.53 Å². The van der Waals surface area contributed by atoms with Crippen LogP contribution in [-0.2, 0) is 9.53 Å². The minimum atomic E-state index is 0. The Bertz CT molecular complexity index is 470. The van der Waals surface area contributed by atoms with Crippen LogP contribution >= 0.6 is 24.0 Å². The van der Waals surface area contributed by atoms with E-state index in [2.05, 4.69) is 27.0 Å². The van der Waals surface area contributed by atoms with Crippen molar-refractivity contribution in [2.24, 2.45) is 10.4 Å². The summed E-state index contributed by atoms with van der Waals surface area (Å²) < 4.78 is 5.31. The minimum Gasteiger partial charge on any atom is -0.380 e. The second-order valence-corrected chi connectivity index (χ2v) is 7.56. The molecule has 25 heavy (non-hydrogen) atoms. The first-order valence-corrected chi connectivity index (χ1v) is 9.13. The van der Waals surface area contributed by atoms with Gasteiger partial charge < -0.3 is 19.9 Å². The minimum absolute atomic E-state index is 0. The van der Waals surface area contributed by atoms with Gasteiger partial charge in [0.25, 0.3) is 0 Å². The van der Waals surface area contributed by atoms with E-state index in [1.54, 1.807) is 0 Å². The maximum atomic E-state index is 12.3. The average Bonchev–Trinajstić information content (AvgIpc) is 3.10. The van der Waals surface area contributed by atoms with Crippen molar-refractivity contribution in [2.45, 2.75) is 19.8 Å². The molecule has 144 valence electrons. The first kappa shape index (κ1) is 20.7. The summed E-state index contributed by atoms with van der Waals surface area (Å²) >= 11 is 0. The largest absolute Gasteiger partial charge is 0.380 e. The summed E-state index contributed by atoms with van der Waals surface area (Å²) in [4.78, 5) is 23.2.